The first-order valence-electron chi connectivity index (χ1n) is 14.6. The summed E-state index contributed by atoms with van der Waals surface area (Å²) in [5.41, 5.74) is 1.71. The van der Waals surface area contributed by atoms with Crippen LogP contribution in [0.4, 0.5) is 13.2 Å². The van der Waals surface area contributed by atoms with Crippen LogP contribution in [0.5, 0.6) is 0 Å². The van der Waals surface area contributed by atoms with E-state index in [0.29, 0.717) is 25.9 Å². The molecular formula is C33H36F3N3O4. The largest absolute Gasteiger partial charge is 0.416 e. The number of aliphatic hydroxyl groups excluding tert-OH is 1. The van der Waals surface area contributed by atoms with Gasteiger partial charge in [-0.3, -0.25) is 9.59 Å². The summed E-state index contributed by atoms with van der Waals surface area (Å²) < 4.78 is 38.8. The van der Waals surface area contributed by atoms with E-state index >= 15 is 0 Å². The van der Waals surface area contributed by atoms with Crippen molar-refractivity contribution < 1.29 is 33.0 Å². The van der Waals surface area contributed by atoms with Gasteiger partial charge in [-0.05, 0) is 72.6 Å². The lowest BCUT2D eigenvalue weighted by Crippen LogP contribution is -2.46. The van der Waals surface area contributed by atoms with Crippen molar-refractivity contribution in [2.75, 3.05) is 19.6 Å². The molecule has 0 radical (unpaired) electrons. The summed E-state index contributed by atoms with van der Waals surface area (Å²) in [6.45, 7) is 0.680. The molecule has 7 nitrogen and oxygen atoms in total. The first-order chi connectivity index (χ1) is 20.6. The van der Waals surface area contributed by atoms with Crippen LogP contribution in [0.3, 0.4) is 0 Å². The third kappa shape index (κ3) is 7.26. The van der Waals surface area contributed by atoms with Crippen LogP contribution < -0.4 is 10.6 Å². The molecule has 0 spiro atoms. The Morgan fingerprint density at radius 3 is 2.35 bits per heavy atom. The summed E-state index contributed by atoms with van der Waals surface area (Å²) >= 11 is 0. The second-order valence-corrected chi connectivity index (χ2v) is 11.5. The van der Waals surface area contributed by atoms with Crippen molar-refractivity contribution in [3.63, 3.8) is 0 Å². The van der Waals surface area contributed by atoms with Gasteiger partial charge in [-0.15, -0.1) is 0 Å². The number of benzene rings is 3. The predicted octanol–water partition coefficient (Wildman–Crippen LogP) is 4.62. The highest BCUT2D eigenvalue weighted by Gasteiger charge is 2.36. The maximum absolute atomic E-state index is 12.9. The van der Waals surface area contributed by atoms with Crippen LogP contribution in [0.15, 0.2) is 72.8 Å². The summed E-state index contributed by atoms with van der Waals surface area (Å²) in [6.07, 6.45) is -1.03. The first kappa shape index (κ1) is 30.7. The number of alkyl halides is 3. The number of nitrogens with zero attached hydrogens (tertiary/aromatic N) is 1. The van der Waals surface area contributed by atoms with Crippen molar-refractivity contribution in [1.29, 1.82) is 0 Å². The van der Waals surface area contributed by atoms with Crippen LogP contribution in [0.25, 0.3) is 11.1 Å². The van der Waals surface area contributed by atoms with Gasteiger partial charge in [-0.25, -0.2) is 0 Å². The molecule has 3 aromatic rings. The van der Waals surface area contributed by atoms with Gasteiger partial charge >= 0.3 is 6.18 Å². The monoisotopic (exact) mass is 595 g/mol. The highest BCUT2D eigenvalue weighted by atomic mass is 19.4. The zero-order valence-electron chi connectivity index (χ0n) is 23.7. The fourth-order valence-electron chi connectivity index (χ4n) is 6.11. The quantitative estimate of drug-likeness (QED) is 0.305. The lowest BCUT2D eigenvalue weighted by molar-refractivity contribution is -0.137. The van der Waals surface area contributed by atoms with Gasteiger partial charge in [-0.2, -0.15) is 13.2 Å². The minimum atomic E-state index is -4.55. The Labute approximate surface area is 248 Å². The number of amides is 2. The second-order valence-electron chi connectivity index (χ2n) is 11.5. The van der Waals surface area contributed by atoms with Crippen LogP contribution in [0.1, 0.15) is 59.2 Å². The molecule has 1 aliphatic carbocycles. The molecule has 3 aromatic carbocycles. The zero-order valence-corrected chi connectivity index (χ0v) is 23.7. The molecule has 1 atom stereocenters. The third-order valence-corrected chi connectivity index (χ3v) is 8.60. The molecule has 1 saturated heterocycles. The van der Waals surface area contributed by atoms with Gasteiger partial charge in [0.15, 0.2) is 0 Å². The fourth-order valence-corrected chi connectivity index (χ4v) is 6.11. The zero-order chi connectivity index (χ0) is 30.6. The second kappa shape index (κ2) is 12.9. The number of nitrogens with one attached hydrogen (secondary N) is 2. The lowest BCUT2D eigenvalue weighted by atomic mass is 9.77. The summed E-state index contributed by atoms with van der Waals surface area (Å²) in [5, 5.41) is 27.1. The van der Waals surface area contributed by atoms with Crippen LogP contribution in [-0.4, -0.2) is 58.6 Å². The van der Waals surface area contributed by atoms with E-state index in [4.69, 9.17) is 0 Å². The maximum Gasteiger partial charge on any atom is 0.416 e. The summed E-state index contributed by atoms with van der Waals surface area (Å²) in [5.74, 6) is -1.01. The highest BCUT2D eigenvalue weighted by Crippen LogP contribution is 2.38. The maximum atomic E-state index is 12.9. The van der Waals surface area contributed by atoms with E-state index in [9.17, 15) is 33.0 Å². The number of rotatable bonds is 8. The van der Waals surface area contributed by atoms with Crippen LogP contribution in [0, 0.1) is 0 Å². The van der Waals surface area contributed by atoms with E-state index in [1.54, 1.807) is 4.90 Å². The normalized spacial score (nSPS) is 22.4. The summed E-state index contributed by atoms with van der Waals surface area (Å²) in [7, 11) is 0. The van der Waals surface area contributed by atoms with Gasteiger partial charge < -0.3 is 25.7 Å². The molecule has 228 valence electrons. The molecule has 0 bridgehead atoms. The molecule has 10 heteroatoms. The minimum absolute atomic E-state index is 0.0387. The van der Waals surface area contributed by atoms with Crippen molar-refractivity contribution in [3.05, 3.63) is 95.1 Å². The number of carbonyl (C=O) groups excluding carboxylic acids is 2. The van der Waals surface area contributed by atoms with Crippen LogP contribution in [-0.2, 0) is 23.2 Å². The molecule has 2 aliphatic rings. The van der Waals surface area contributed by atoms with Crippen LogP contribution in [0.2, 0.25) is 0 Å². The van der Waals surface area contributed by atoms with Gasteiger partial charge in [0.05, 0.1) is 24.3 Å². The Bertz CT molecular complexity index is 1440. The summed E-state index contributed by atoms with van der Waals surface area (Å²) in [4.78, 5) is 26.7. The van der Waals surface area contributed by atoms with E-state index in [0.717, 1.165) is 59.7 Å². The average Bonchev–Trinajstić information content (AvgIpc) is 3.49. The smallest absolute Gasteiger partial charge is 0.392 e. The van der Waals surface area contributed by atoms with E-state index in [1.165, 1.54) is 6.07 Å². The molecule has 1 heterocycles. The van der Waals surface area contributed by atoms with Gasteiger partial charge in [-0.1, -0.05) is 54.6 Å². The molecule has 2 fully saturated rings. The number of hydrogen-bond acceptors (Lipinski definition) is 5. The number of hydrogen-bond donors (Lipinski definition) is 4. The predicted molar refractivity (Wildman–Crippen MR) is 156 cm³/mol. The van der Waals surface area contributed by atoms with E-state index in [2.05, 4.69) is 10.6 Å². The molecule has 43 heavy (non-hydrogen) atoms. The molecule has 5 rings (SSSR count). The number of aliphatic hydroxyl groups is 2. The SMILES string of the molecule is O=C(NCC(=O)N1CC[C@H](NC2CCC(O)(c3ccc(-c4ccccc4CO)cc3)CC2)C1)c1cccc(C(F)(F)F)c1. The standard InChI is InChI=1S/C33H36F3N3O4/c34-33(35,36)26-6-3-5-23(18-26)31(42)37-19-30(41)39-17-14-28(20-39)38-27-12-15-32(43,16-13-27)25-10-8-22(9-11-25)29-7-2-1-4-24(29)21-40/h1-11,18,27-28,38,40,43H,12-17,19-21H2,(H,37,42)/t27?,28-,32?/m0/s1. The number of likely N-dealkylation sites (tertiary alicyclic amines) is 1. The molecule has 1 aliphatic heterocycles. The van der Waals surface area contributed by atoms with Gasteiger partial charge in [0.2, 0.25) is 5.91 Å². The number of carbonyl (C=O) groups is 2. The highest BCUT2D eigenvalue weighted by molar-refractivity contribution is 5.96. The summed E-state index contributed by atoms with van der Waals surface area (Å²) in [6, 6.07) is 20.0. The van der Waals surface area contributed by atoms with E-state index < -0.39 is 23.2 Å². The van der Waals surface area contributed by atoms with Gasteiger partial charge in [0, 0.05) is 30.7 Å². The van der Waals surface area contributed by atoms with Crippen LogP contribution >= 0.6 is 0 Å². The molecule has 0 unspecified atom stereocenters. The Kier molecular flexibility index (Phi) is 9.19. The van der Waals surface area contributed by atoms with Gasteiger partial charge in [0.1, 0.15) is 0 Å². The molecule has 2 amide bonds. The van der Waals surface area contributed by atoms with Crippen molar-refractivity contribution in [1.82, 2.24) is 15.5 Å². The lowest BCUT2D eigenvalue weighted by Gasteiger charge is -2.38. The molecular weight excluding hydrogens is 559 g/mol. The Balaban J connectivity index is 1.08. The molecule has 0 aromatic heterocycles. The van der Waals surface area contributed by atoms with Crippen molar-refractivity contribution in [2.24, 2.45) is 0 Å². The topological polar surface area (TPSA) is 102 Å². The van der Waals surface area contributed by atoms with E-state index in [1.807, 2.05) is 48.5 Å². The Morgan fingerprint density at radius 1 is 0.930 bits per heavy atom. The average molecular weight is 596 g/mol. The van der Waals surface area contributed by atoms with Crippen molar-refractivity contribution >= 4 is 11.8 Å². The van der Waals surface area contributed by atoms with Crippen molar-refractivity contribution in [2.45, 2.75) is 62.6 Å². The fraction of sp³-hybridized carbons (Fsp3) is 0.394. The minimum Gasteiger partial charge on any atom is -0.392 e. The van der Waals surface area contributed by atoms with Crippen molar-refractivity contribution in [3.8, 4) is 11.1 Å². The van der Waals surface area contributed by atoms with Gasteiger partial charge in [0.25, 0.3) is 5.91 Å². The Hall–Kier alpha value is -3.73. The molecule has 4 N–H and O–H groups in total. The molecule has 1 saturated carbocycles. The Morgan fingerprint density at radius 2 is 1.65 bits per heavy atom. The number of halogens is 3. The first-order valence-corrected chi connectivity index (χ1v) is 14.6. The third-order valence-electron chi connectivity index (χ3n) is 8.60. The van der Waals surface area contributed by atoms with E-state index in [-0.39, 0.29) is 36.7 Å².